The molecule has 0 atom stereocenters. The van der Waals surface area contributed by atoms with Gasteiger partial charge in [0.25, 0.3) is 10.0 Å². The summed E-state index contributed by atoms with van der Waals surface area (Å²) in [6, 6.07) is 24.9. The molecule has 3 aromatic rings. The van der Waals surface area contributed by atoms with Gasteiger partial charge in [0.1, 0.15) is 0 Å². The lowest BCUT2D eigenvalue weighted by atomic mass is 10.2. The molecule has 0 unspecified atom stereocenters. The Morgan fingerprint density at radius 3 is 1.88 bits per heavy atom. The summed E-state index contributed by atoms with van der Waals surface area (Å²) in [5.74, 6) is 0. The molecule has 2 N–H and O–H groups in total. The fourth-order valence-corrected chi connectivity index (χ4v) is 3.88. The Morgan fingerprint density at radius 1 is 0.750 bits per heavy atom. The number of benzene rings is 3. The van der Waals surface area contributed by atoms with Crippen molar-refractivity contribution in [1.82, 2.24) is 0 Å². The maximum atomic E-state index is 13.1. The van der Waals surface area contributed by atoms with Crippen LogP contribution in [0.25, 0.3) is 0 Å². The van der Waals surface area contributed by atoms with E-state index >= 15 is 0 Å². The highest BCUT2D eigenvalue weighted by Crippen LogP contribution is 2.26. The number of nitrogens with zero attached hydrogens (tertiary/aromatic N) is 1. The summed E-state index contributed by atoms with van der Waals surface area (Å²) in [6.45, 7) is 0.261. The molecular weight excluding hydrogens is 320 g/mol. The Morgan fingerprint density at radius 2 is 1.29 bits per heavy atom. The number of nitrogen functional groups attached to an aromatic ring is 1. The van der Waals surface area contributed by atoms with Crippen LogP contribution < -0.4 is 10.0 Å². The van der Waals surface area contributed by atoms with E-state index in [1.165, 1.54) is 16.4 Å². The van der Waals surface area contributed by atoms with Gasteiger partial charge in [0.2, 0.25) is 0 Å². The molecule has 3 aromatic carbocycles. The molecule has 0 heterocycles. The van der Waals surface area contributed by atoms with Gasteiger partial charge in [0.05, 0.1) is 17.1 Å². The Hall–Kier alpha value is -2.79. The maximum absolute atomic E-state index is 13.1. The maximum Gasteiger partial charge on any atom is 0.264 e. The van der Waals surface area contributed by atoms with Crippen molar-refractivity contribution in [3.63, 3.8) is 0 Å². The molecule has 3 rings (SSSR count). The SMILES string of the molecule is Nc1ccc(S(=O)(=O)N(Cc2ccccc2)c2ccccc2)cc1. The van der Waals surface area contributed by atoms with Crippen molar-refractivity contribution < 1.29 is 8.42 Å². The van der Waals surface area contributed by atoms with Gasteiger partial charge in [-0.2, -0.15) is 0 Å². The van der Waals surface area contributed by atoms with Crippen molar-refractivity contribution in [2.24, 2.45) is 0 Å². The molecule has 0 aliphatic heterocycles. The molecule has 0 radical (unpaired) electrons. The van der Waals surface area contributed by atoms with Crippen LogP contribution in [0.5, 0.6) is 0 Å². The third-order valence-electron chi connectivity index (χ3n) is 3.68. The average Bonchev–Trinajstić information content (AvgIpc) is 2.61. The van der Waals surface area contributed by atoms with Crippen molar-refractivity contribution in [3.05, 3.63) is 90.5 Å². The first-order valence-electron chi connectivity index (χ1n) is 7.54. The van der Waals surface area contributed by atoms with Gasteiger partial charge in [-0.15, -0.1) is 0 Å². The second-order valence-corrected chi connectivity index (χ2v) is 7.26. The van der Waals surface area contributed by atoms with Crippen LogP contribution in [-0.2, 0) is 16.6 Å². The van der Waals surface area contributed by atoms with Crippen LogP contribution >= 0.6 is 0 Å². The number of rotatable bonds is 5. The highest BCUT2D eigenvalue weighted by molar-refractivity contribution is 7.92. The molecule has 0 aliphatic rings. The standard InChI is InChI=1S/C19H18N2O2S/c20-17-11-13-19(14-12-17)24(22,23)21(18-9-5-2-6-10-18)15-16-7-3-1-4-8-16/h1-14H,15,20H2. The first-order chi connectivity index (χ1) is 11.6. The van der Waals surface area contributed by atoms with E-state index in [1.54, 1.807) is 24.3 Å². The van der Waals surface area contributed by atoms with Gasteiger partial charge < -0.3 is 5.73 Å². The van der Waals surface area contributed by atoms with Gasteiger partial charge in [-0.05, 0) is 42.0 Å². The second kappa shape index (κ2) is 6.76. The van der Waals surface area contributed by atoms with Crippen molar-refractivity contribution in [2.75, 3.05) is 10.0 Å². The van der Waals surface area contributed by atoms with Crippen LogP contribution in [0.1, 0.15) is 5.56 Å². The van der Waals surface area contributed by atoms with E-state index in [-0.39, 0.29) is 11.4 Å². The predicted octanol–water partition coefficient (Wildman–Crippen LogP) is 3.66. The van der Waals surface area contributed by atoms with Gasteiger partial charge in [0, 0.05) is 5.69 Å². The van der Waals surface area contributed by atoms with E-state index in [9.17, 15) is 8.42 Å². The van der Waals surface area contributed by atoms with E-state index in [1.807, 2.05) is 48.5 Å². The lowest BCUT2D eigenvalue weighted by Crippen LogP contribution is -2.30. The first kappa shape index (κ1) is 16.1. The van der Waals surface area contributed by atoms with Crippen LogP contribution in [0.15, 0.2) is 89.8 Å². The normalized spacial score (nSPS) is 11.2. The summed E-state index contributed by atoms with van der Waals surface area (Å²) in [4.78, 5) is 0.219. The van der Waals surface area contributed by atoms with Gasteiger partial charge >= 0.3 is 0 Å². The zero-order chi connectivity index (χ0) is 17.0. The molecule has 0 bridgehead atoms. The summed E-state index contributed by atoms with van der Waals surface area (Å²) in [7, 11) is -3.69. The Balaban J connectivity index is 2.05. The summed E-state index contributed by atoms with van der Waals surface area (Å²) in [5.41, 5.74) is 7.74. The fourth-order valence-electron chi connectivity index (χ4n) is 2.43. The number of para-hydroxylation sites is 1. The molecule has 0 saturated heterocycles. The molecule has 0 aromatic heterocycles. The minimum atomic E-state index is -3.69. The van der Waals surface area contributed by atoms with Crippen LogP contribution in [0, 0.1) is 0 Å². The zero-order valence-corrected chi connectivity index (χ0v) is 13.9. The molecule has 122 valence electrons. The van der Waals surface area contributed by atoms with Crippen molar-refractivity contribution >= 4 is 21.4 Å². The quantitative estimate of drug-likeness (QED) is 0.722. The number of nitrogens with two attached hydrogens (primary N) is 1. The lowest BCUT2D eigenvalue weighted by molar-refractivity contribution is 0.590. The number of hydrogen-bond donors (Lipinski definition) is 1. The average molecular weight is 338 g/mol. The zero-order valence-electron chi connectivity index (χ0n) is 13.0. The van der Waals surface area contributed by atoms with E-state index < -0.39 is 10.0 Å². The first-order valence-corrected chi connectivity index (χ1v) is 8.98. The van der Waals surface area contributed by atoms with Gasteiger partial charge in [-0.1, -0.05) is 48.5 Å². The molecular formula is C19H18N2O2S. The molecule has 0 amide bonds. The number of anilines is 2. The van der Waals surface area contributed by atoms with Crippen LogP contribution in [0.2, 0.25) is 0 Å². The van der Waals surface area contributed by atoms with Crippen LogP contribution in [-0.4, -0.2) is 8.42 Å². The molecule has 0 saturated carbocycles. The molecule has 0 spiro atoms. The predicted molar refractivity (Wildman–Crippen MR) is 97.1 cm³/mol. The number of hydrogen-bond acceptors (Lipinski definition) is 3. The third-order valence-corrected chi connectivity index (χ3v) is 5.47. The van der Waals surface area contributed by atoms with E-state index in [2.05, 4.69) is 0 Å². The Bertz CT molecular complexity index is 893. The second-order valence-electron chi connectivity index (χ2n) is 5.40. The van der Waals surface area contributed by atoms with Crippen LogP contribution in [0.3, 0.4) is 0 Å². The van der Waals surface area contributed by atoms with E-state index in [4.69, 9.17) is 5.73 Å². The molecule has 0 aliphatic carbocycles. The Labute approximate surface area is 142 Å². The minimum Gasteiger partial charge on any atom is -0.399 e. The minimum absolute atomic E-state index is 0.219. The van der Waals surface area contributed by atoms with Crippen molar-refractivity contribution in [1.29, 1.82) is 0 Å². The summed E-state index contributed by atoms with van der Waals surface area (Å²) in [5, 5.41) is 0. The van der Waals surface area contributed by atoms with Gasteiger partial charge in [-0.25, -0.2) is 8.42 Å². The monoisotopic (exact) mass is 338 g/mol. The lowest BCUT2D eigenvalue weighted by Gasteiger charge is -2.24. The smallest absolute Gasteiger partial charge is 0.264 e. The molecule has 24 heavy (non-hydrogen) atoms. The molecule has 4 nitrogen and oxygen atoms in total. The summed E-state index contributed by atoms with van der Waals surface area (Å²) < 4.78 is 27.7. The highest BCUT2D eigenvalue weighted by atomic mass is 32.2. The molecule has 5 heteroatoms. The van der Waals surface area contributed by atoms with Crippen LogP contribution in [0.4, 0.5) is 11.4 Å². The summed E-state index contributed by atoms with van der Waals surface area (Å²) in [6.07, 6.45) is 0. The highest BCUT2D eigenvalue weighted by Gasteiger charge is 2.25. The largest absolute Gasteiger partial charge is 0.399 e. The number of sulfonamides is 1. The van der Waals surface area contributed by atoms with Crippen molar-refractivity contribution in [2.45, 2.75) is 11.4 Å². The van der Waals surface area contributed by atoms with Crippen molar-refractivity contribution in [3.8, 4) is 0 Å². The van der Waals surface area contributed by atoms with E-state index in [0.717, 1.165) is 5.56 Å². The van der Waals surface area contributed by atoms with Gasteiger partial charge in [0.15, 0.2) is 0 Å². The van der Waals surface area contributed by atoms with E-state index in [0.29, 0.717) is 11.4 Å². The molecule has 0 fully saturated rings. The van der Waals surface area contributed by atoms with Gasteiger partial charge in [-0.3, -0.25) is 4.31 Å². The summed E-state index contributed by atoms with van der Waals surface area (Å²) >= 11 is 0. The fraction of sp³-hybridized carbons (Fsp3) is 0.0526. The topological polar surface area (TPSA) is 63.4 Å². The Kier molecular flexibility index (Phi) is 4.53. The third kappa shape index (κ3) is 3.41.